The molecule has 2 aliphatic rings. The molecule has 1 aliphatic heterocycles. The number of hydrogen-bond acceptors (Lipinski definition) is 3. The summed E-state index contributed by atoms with van der Waals surface area (Å²) in [6.45, 7) is 1.54. The van der Waals surface area contributed by atoms with Crippen LogP contribution in [0, 0.1) is 5.82 Å². The van der Waals surface area contributed by atoms with Gasteiger partial charge >= 0.3 is 0 Å². The summed E-state index contributed by atoms with van der Waals surface area (Å²) in [6, 6.07) is 6.51. The van der Waals surface area contributed by atoms with Crippen LogP contribution in [0.4, 0.5) is 10.1 Å². The van der Waals surface area contributed by atoms with Gasteiger partial charge in [0, 0.05) is 25.4 Å². The lowest BCUT2D eigenvalue weighted by Crippen LogP contribution is -2.48. The molecule has 6 heteroatoms. The molecule has 112 valence electrons. The highest BCUT2D eigenvalue weighted by molar-refractivity contribution is 8.14. The van der Waals surface area contributed by atoms with Crippen molar-refractivity contribution in [2.24, 2.45) is 4.99 Å². The number of aliphatic imine (C=N–C) groups is 1. The Balaban J connectivity index is 1.84. The van der Waals surface area contributed by atoms with E-state index in [-0.39, 0.29) is 17.9 Å². The van der Waals surface area contributed by atoms with E-state index in [9.17, 15) is 9.18 Å². The molecule has 1 heterocycles. The van der Waals surface area contributed by atoms with Crippen molar-refractivity contribution in [2.45, 2.75) is 32.0 Å². The first kappa shape index (κ1) is 14.4. The van der Waals surface area contributed by atoms with Gasteiger partial charge in [-0.15, -0.1) is 0 Å². The van der Waals surface area contributed by atoms with Gasteiger partial charge in [-0.05, 0) is 37.1 Å². The van der Waals surface area contributed by atoms with Gasteiger partial charge in [0.2, 0.25) is 5.91 Å². The molecule has 1 aromatic rings. The largest absolute Gasteiger partial charge is 0.333 e. The fourth-order valence-corrected chi connectivity index (χ4v) is 3.61. The van der Waals surface area contributed by atoms with Crippen molar-refractivity contribution in [1.82, 2.24) is 4.90 Å². The molecule has 0 radical (unpaired) electrons. The number of carbonyl (C=O) groups is 1. The second-order valence-corrected chi connectivity index (χ2v) is 6.40. The molecule has 1 saturated carbocycles. The van der Waals surface area contributed by atoms with Gasteiger partial charge in [-0.3, -0.25) is 14.7 Å². The van der Waals surface area contributed by atoms with Crippen molar-refractivity contribution in [3.63, 3.8) is 0 Å². The highest BCUT2D eigenvalue weighted by atomic mass is 32.2. The van der Waals surface area contributed by atoms with E-state index >= 15 is 0 Å². The molecule has 3 rings (SSSR count). The molecule has 4 nitrogen and oxygen atoms in total. The van der Waals surface area contributed by atoms with Crippen molar-refractivity contribution >= 4 is 28.5 Å². The van der Waals surface area contributed by atoms with Gasteiger partial charge in [0.15, 0.2) is 5.17 Å². The quantitative estimate of drug-likeness (QED) is 0.861. The zero-order chi connectivity index (χ0) is 15.0. The maximum absolute atomic E-state index is 13.1. The molecule has 1 amide bonds. The maximum atomic E-state index is 13.1. The van der Waals surface area contributed by atoms with E-state index in [2.05, 4.69) is 4.99 Å². The zero-order valence-corrected chi connectivity index (χ0v) is 12.9. The van der Waals surface area contributed by atoms with Crippen LogP contribution in [0.2, 0.25) is 0 Å². The van der Waals surface area contributed by atoms with Crippen LogP contribution in [0.15, 0.2) is 29.3 Å². The van der Waals surface area contributed by atoms with Crippen LogP contribution in [-0.4, -0.2) is 41.0 Å². The minimum atomic E-state index is -0.299. The van der Waals surface area contributed by atoms with E-state index in [0.717, 1.165) is 23.8 Å². The molecule has 21 heavy (non-hydrogen) atoms. The molecule has 0 bridgehead atoms. The van der Waals surface area contributed by atoms with Crippen LogP contribution < -0.4 is 4.90 Å². The Morgan fingerprint density at radius 2 is 2.05 bits per heavy atom. The summed E-state index contributed by atoms with van der Waals surface area (Å²) in [6.07, 6.45) is 2.25. The number of rotatable bonds is 3. The maximum Gasteiger partial charge on any atom is 0.225 e. The average Bonchev–Trinajstić information content (AvgIpc) is 3.20. The molecule has 0 N–H and O–H groups in total. The molecule has 1 aliphatic carbocycles. The van der Waals surface area contributed by atoms with E-state index in [1.165, 1.54) is 19.1 Å². The number of carbonyl (C=O) groups excluding carboxylic acids is 1. The second-order valence-electron chi connectivity index (χ2n) is 5.41. The molecule has 1 aromatic carbocycles. The van der Waals surface area contributed by atoms with E-state index in [0.29, 0.717) is 11.7 Å². The average molecular weight is 307 g/mol. The van der Waals surface area contributed by atoms with Gasteiger partial charge in [0.05, 0.1) is 6.04 Å². The molecular formula is C15H18FN3OS. The number of anilines is 1. The Hall–Kier alpha value is -1.56. The molecular weight excluding hydrogens is 289 g/mol. The number of amides is 1. The van der Waals surface area contributed by atoms with E-state index in [1.807, 2.05) is 11.9 Å². The minimum absolute atomic E-state index is 0.0493. The molecule has 1 saturated heterocycles. The van der Waals surface area contributed by atoms with E-state index in [1.54, 1.807) is 28.8 Å². The molecule has 0 aromatic heterocycles. The van der Waals surface area contributed by atoms with Crippen LogP contribution in [0.3, 0.4) is 0 Å². The van der Waals surface area contributed by atoms with Crippen LogP contribution in [0.5, 0.6) is 0 Å². The summed E-state index contributed by atoms with van der Waals surface area (Å²) in [5.41, 5.74) is 0.717. The lowest BCUT2D eigenvalue weighted by atomic mass is 10.2. The van der Waals surface area contributed by atoms with Crippen molar-refractivity contribution < 1.29 is 9.18 Å². The summed E-state index contributed by atoms with van der Waals surface area (Å²) in [5.74, 6) is 0.429. The smallest absolute Gasteiger partial charge is 0.225 e. The van der Waals surface area contributed by atoms with Crippen LogP contribution in [0.25, 0.3) is 0 Å². The predicted molar refractivity (Wildman–Crippen MR) is 84.0 cm³/mol. The minimum Gasteiger partial charge on any atom is -0.333 e. The lowest BCUT2D eigenvalue weighted by Gasteiger charge is -2.32. The second kappa shape index (κ2) is 5.67. The Morgan fingerprint density at radius 3 is 2.62 bits per heavy atom. The number of halogens is 1. The SMILES string of the molecule is CC(=O)N(c1ccc(F)cc1)C1CSC(=NC2CC2)N1C. The Kier molecular flexibility index (Phi) is 3.89. The summed E-state index contributed by atoms with van der Waals surface area (Å²) in [7, 11) is 1.96. The van der Waals surface area contributed by atoms with Gasteiger partial charge in [0.25, 0.3) is 0 Å². The van der Waals surface area contributed by atoms with Gasteiger partial charge < -0.3 is 4.90 Å². The number of nitrogens with zero attached hydrogens (tertiary/aromatic N) is 3. The van der Waals surface area contributed by atoms with Crippen molar-refractivity contribution in [1.29, 1.82) is 0 Å². The zero-order valence-electron chi connectivity index (χ0n) is 12.1. The van der Waals surface area contributed by atoms with Gasteiger partial charge in [-0.1, -0.05) is 11.8 Å². The van der Waals surface area contributed by atoms with Gasteiger partial charge in [-0.25, -0.2) is 4.39 Å². The van der Waals surface area contributed by atoms with Crippen molar-refractivity contribution in [3.8, 4) is 0 Å². The normalized spacial score (nSPS) is 23.7. The van der Waals surface area contributed by atoms with Crippen molar-refractivity contribution in [3.05, 3.63) is 30.1 Å². The molecule has 0 spiro atoms. The lowest BCUT2D eigenvalue weighted by molar-refractivity contribution is -0.117. The number of amidine groups is 1. The van der Waals surface area contributed by atoms with Gasteiger partial charge in [0.1, 0.15) is 12.0 Å². The third-order valence-electron chi connectivity index (χ3n) is 3.69. The van der Waals surface area contributed by atoms with Gasteiger partial charge in [-0.2, -0.15) is 0 Å². The summed E-state index contributed by atoms with van der Waals surface area (Å²) < 4.78 is 13.1. The van der Waals surface area contributed by atoms with Crippen LogP contribution in [-0.2, 0) is 4.79 Å². The first-order valence-corrected chi connectivity index (χ1v) is 8.03. The standard InChI is InChI=1S/C15H18FN3OS/c1-10(20)19(13-7-3-11(16)4-8-13)14-9-21-15(18(14)2)17-12-5-6-12/h3-4,7-8,12,14H,5-6,9H2,1-2H3. The molecule has 2 fully saturated rings. The monoisotopic (exact) mass is 307 g/mol. The topological polar surface area (TPSA) is 35.9 Å². The molecule has 1 unspecified atom stereocenters. The highest BCUT2D eigenvalue weighted by Gasteiger charge is 2.35. The highest BCUT2D eigenvalue weighted by Crippen LogP contribution is 2.32. The number of hydrogen-bond donors (Lipinski definition) is 0. The third kappa shape index (κ3) is 3.05. The molecule has 1 atom stereocenters. The number of thioether (sulfide) groups is 1. The summed E-state index contributed by atoms with van der Waals surface area (Å²) in [4.78, 5) is 20.5. The summed E-state index contributed by atoms with van der Waals surface area (Å²) in [5, 5.41) is 0.996. The van der Waals surface area contributed by atoms with Crippen LogP contribution in [0.1, 0.15) is 19.8 Å². The Labute approximate surface area is 128 Å². The van der Waals surface area contributed by atoms with Crippen molar-refractivity contribution in [2.75, 3.05) is 17.7 Å². The van der Waals surface area contributed by atoms with Crippen LogP contribution >= 0.6 is 11.8 Å². The summed E-state index contributed by atoms with van der Waals surface area (Å²) >= 11 is 1.68. The number of benzene rings is 1. The fourth-order valence-electron chi connectivity index (χ4n) is 2.39. The van der Waals surface area contributed by atoms with E-state index < -0.39 is 0 Å². The fraction of sp³-hybridized carbons (Fsp3) is 0.467. The predicted octanol–water partition coefficient (Wildman–Crippen LogP) is 2.70. The third-order valence-corrected chi connectivity index (χ3v) is 4.81. The van der Waals surface area contributed by atoms with E-state index in [4.69, 9.17) is 0 Å². The first-order chi connectivity index (χ1) is 10.1. The first-order valence-electron chi connectivity index (χ1n) is 7.05. The Morgan fingerprint density at radius 1 is 1.38 bits per heavy atom. The Bertz CT molecular complexity index is 571.